The summed E-state index contributed by atoms with van der Waals surface area (Å²) in [7, 11) is 0. The first-order valence-corrected chi connectivity index (χ1v) is 12.4. The first kappa shape index (κ1) is 23.2. The molecule has 1 atom stereocenters. The van der Waals surface area contributed by atoms with Crippen LogP contribution >= 0.6 is 0 Å². The minimum absolute atomic E-state index is 0.0586. The number of carbonyl (C=O) groups is 2. The molecule has 0 radical (unpaired) electrons. The molecule has 9 heteroatoms. The highest BCUT2D eigenvalue weighted by Gasteiger charge is 2.34. The lowest BCUT2D eigenvalue weighted by atomic mass is 10.1. The molecule has 0 bridgehead atoms. The summed E-state index contributed by atoms with van der Waals surface area (Å²) in [5.74, 6) is 1.08. The number of hydrogen-bond donors (Lipinski definition) is 0. The number of nitrogens with zero attached hydrogens (tertiary/aromatic N) is 5. The number of hydrogen-bond acceptors (Lipinski definition) is 7. The smallest absolute Gasteiger partial charge is 0.414 e. The van der Waals surface area contributed by atoms with Crippen LogP contribution in [0.1, 0.15) is 16.2 Å². The number of rotatable bonds is 5. The average molecular weight is 498 g/mol. The number of fused-ring (bicyclic) bond motifs is 1. The molecule has 4 aromatic rings. The second kappa shape index (κ2) is 9.67. The summed E-state index contributed by atoms with van der Waals surface area (Å²) in [5, 5.41) is 6.12. The van der Waals surface area contributed by atoms with Crippen molar-refractivity contribution in [2.45, 2.75) is 13.0 Å². The summed E-state index contributed by atoms with van der Waals surface area (Å²) in [6, 6.07) is 21.4. The van der Waals surface area contributed by atoms with Gasteiger partial charge in [-0.2, -0.15) is 4.98 Å². The Balaban J connectivity index is 1.03. The third-order valence-electron chi connectivity index (χ3n) is 6.96. The summed E-state index contributed by atoms with van der Waals surface area (Å²) >= 11 is 0. The number of aromatic nitrogens is 2. The fourth-order valence-corrected chi connectivity index (χ4v) is 4.96. The molecule has 2 amide bonds. The first-order chi connectivity index (χ1) is 18.0. The van der Waals surface area contributed by atoms with Gasteiger partial charge in [-0.25, -0.2) is 4.79 Å². The molecule has 0 spiro atoms. The molecule has 2 saturated heterocycles. The van der Waals surface area contributed by atoms with Gasteiger partial charge in [0.25, 0.3) is 5.91 Å². The van der Waals surface area contributed by atoms with Crippen LogP contribution in [0.4, 0.5) is 10.5 Å². The van der Waals surface area contributed by atoms with Gasteiger partial charge in [0.05, 0.1) is 6.54 Å². The Labute approximate surface area is 214 Å². The number of anilines is 1. The molecule has 188 valence electrons. The molecular weight excluding hydrogens is 470 g/mol. The highest BCUT2D eigenvalue weighted by molar-refractivity contribution is 5.98. The van der Waals surface area contributed by atoms with Crippen LogP contribution in [-0.4, -0.2) is 77.3 Å². The van der Waals surface area contributed by atoms with Crippen molar-refractivity contribution >= 4 is 28.5 Å². The standard InChI is InChI=1S/C28H27N5O4/c1-19-29-26(30-37-19)21-8-10-24(11-9-21)33-18-25(36-28(33)35)17-31-12-14-32(15-13-31)27(34)23-7-6-20-4-2-3-5-22(20)16-23/h2-11,16,25H,12-15,17-18H2,1H3. The number of cyclic esters (lactones) is 1. The highest BCUT2D eigenvalue weighted by atomic mass is 16.6. The van der Waals surface area contributed by atoms with Crippen molar-refractivity contribution in [3.05, 3.63) is 78.2 Å². The van der Waals surface area contributed by atoms with Gasteiger partial charge in [-0.3, -0.25) is 14.6 Å². The Hall–Kier alpha value is -4.24. The van der Waals surface area contributed by atoms with Crippen LogP contribution in [0.25, 0.3) is 22.2 Å². The van der Waals surface area contributed by atoms with E-state index in [2.05, 4.69) is 15.0 Å². The van der Waals surface area contributed by atoms with Crippen molar-refractivity contribution in [3.8, 4) is 11.4 Å². The normalized spacial score (nSPS) is 18.4. The quantitative estimate of drug-likeness (QED) is 0.412. The molecule has 2 fully saturated rings. The minimum atomic E-state index is -0.349. The lowest BCUT2D eigenvalue weighted by Gasteiger charge is -2.35. The van der Waals surface area contributed by atoms with Crippen molar-refractivity contribution in [1.29, 1.82) is 0 Å². The van der Waals surface area contributed by atoms with Gasteiger partial charge in [0.15, 0.2) is 0 Å². The van der Waals surface area contributed by atoms with E-state index in [1.165, 1.54) is 0 Å². The van der Waals surface area contributed by atoms with Gasteiger partial charge in [-0.05, 0) is 47.2 Å². The molecule has 2 aliphatic rings. The Morgan fingerprint density at radius 2 is 1.73 bits per heavy atom. The molecule has 6 rings (SSSR count). The Kier molecular flexibility index (Phi) is 6.05. The lowest BCUT2D eigenvalue weighted by molar-refractivity contribution is 0.0552. The molecule has 1 aromatic heterocycles. The predicted octanol–water partition coefficient (Wildman–Crippen LogP) is 3.98. The van der Waals surface area contributed by atoms with Crippen LogP contribution in [0.15, 0.2) is 71.3 Å². The Bertz CT molecular complexity index is 1440. The monoisotopic (exact) mass is 497 g/mol. The van der Waals surface area contributed by atoms with Crippen LogP contribution in [0.5, 0.6) is 0 Å². The van der Waals surface area contributed by atoms with Gasteiger partial charge in [-0.15, -0.1) is 0 Å². The Morgan fingerprint density at radius 3 is 2.46 bits per heavy atom. The van der Waals surface area contributed by atoms with E-state index in [4.69, 9.17) is 9.26 Å². The summed E-state index contributed by atoms with van der Waals surface area (Å²) in [5.41, 5.74) is 2.30. The maximum atomic E-state index is 13.1. The van der Waals surface area contributed by atoms with Crippen LogP contribution in [-0.2, 0) is 4.74 Å². The molecule has 37 heavy (non-hydrogen) atoms. The SMILES string of the molecule is Cc1nc(-c2ccc(N3CC(CN4CCN(C(=O)c5ccc6ccccc6c5)CC4)OC3=O)cc2)no1. The highest BCUT2D eigenvalue weighted by Crippen LogP contribution is 2.26. The van der Waals surface area contributed by atoms with E-state index in [0.717, 1.165) is 35.1 Å². The summed E-state index contributed by atoms with van der Waals surface area (Å²) in [4.78, 5) is 35.7. The molecule has 9 nitrogen and oxygen atoms in total. The van der Waals surface area contributed by atoms with Gasteiger partial charge in [0, 0.05) is 56.5 Å². The van der Waals surface area contributed by atoms with Crippen molar-refractivity contribution in [2.24, 2.45) is 0 Å². The topological polar surface area (TPSA) is 92.0 Å². The largest absolute Gasteiger partial charge is 0.443 e. The second-order valence-electron chi connectivity index (χ2n) is 9.45. The van der Waals surface area contributed by atoms with Crippen LogP contribution < -0.4 is 4.90 Å². The third-order valence-corrected chi connectivity index (χ3v) is 6.96. The zero-order chi connectivity index (χ0) is 25.4. The van der Waals surface area contributed by atoms with Gasteiger partial charge in [-0.1, -0.05) is 35.5 Å². The lowest BCUT2D eigenvalue weighted by Crippen LogP contribution is -2.50. The van der Waals surface area contributed by atoms with Crippen LogP contribution in [0, 0.1) is 6.92 Å². The number of carbonyl (C=O) groups excluding carboxylic acids is 2. The number of amides is 2. The van der Waals surface area contributed by atoms with Crippen molar-refractivity contribution in [3.63, 3.8) is 0 Å². The number of aryl methyl sites for hydroxylation is 1. The molecule has 0 saturated carbocycles. The molecule has 0 N–H and O–H groups in total. The van der Waals surface area contributed by atoms with Gasteiger partial charge in [0.2, 0.25) is 11.7 Å². The summed E-state index contributed by atoms with van der Waals surface area (Å²) < 4.78 is 10.7. The van der Waals surface area contributed by atoms with Crippen LogP contribution in [0.2, 0.25) is 0 Å². The molecule has 2 aliphatic heterocycles. The fourth-order valence-electron chi connectivity index (χ4n) is 4.96. The van der Waals surface area contributed by atoms with Gasteiger partial charge in [0.1, 0.15) is 6.10 Å². The van der Waals surface area contributed by atoms with E-state index >= 15 is 0 Å². The van der Waals surface area contributed by atoms with E-state index in [-0.39, 0.29) is 18.1 Å². The molecule has 0 aliphatic carbocycles. The molecule has 3 aromatic carbocycles. The van der Waals surface area contributed by atoms with Gasteiger partial charge < -0.3 is 14.2 Å². The number of ether oxygens (including phenoxy) is 1. The minimum Gasteiger partial charge on any atom is -0.443 e. The summed E-state index contributed by atoms with van der Waals surface area (Å²) in [6.07, 6.45) is -0.576. The van der Waals surface area contributed by atoms with E-state index in [1.54, 1.807) is 11.8 Å². The molecular formula is C28H27N5O4. The molecule has 1 unspecified atom stereocenters. The maximum absolute atomic E-state index is 13.1. The van der Waals surface area contributed by atoms with E-state index in [9.17, 15) is 9.59 Å². The zero-order valence-corrected chi connectivity index (χ0v) is 20.5. The van der Waals surface area contributed by atoms with Crippen molar-refractivity contribution < 1.29 is 18.8 Å². The van der Waals surface area contributed by atoms with Crippen molar-refractivity contribution in [2.75, 3.05) is 44.2 Å². The van der Waals surface area contributed by atoms with E-state index in [1.807, 2.05) is 71.6 Å². The average Bonchev–Trinajstić information content (AvgIpc) is 3.53. The van der Waals surface area contributed by atoms with E-state index < -0.39 is 0 Å². The maximum Gasteiger partial charge on any atom is 0.414 e. The number of benzene rings is 3. The summed E-state index contributed by atoms with van der Waals surface area (Å²) in [6.45, 7) is 5.64. The van der Waals surface area contributed by atoms with Crippen molar-refractivity contribution in [1.82, 2.24) is 19.9 Å². The fraction of sp³-hybridized carbons (Fsp3) is 0.286. The number of piperazine rings is 1. The predicted molar refractivity (Wildman–Crippen MR) is 138 cm³/mol. The first-order valence-electron chi connectivity index (χ1n) is 12.4. The molecule has 3 heterocycles. The Morgan fingerprint density at radius 1 is 0.973 bits per heavy atom. The second-order valence-corrected chi connectivity index (χ2v) is 9.45. The zero-order valence-electron chi connectivity index (χ0n) is 20.5. The van der Waals surface area contributed by atoms with Crippen LogP contribution in [0.3, 0.4) is 0 Å². The van der Waals surface area contributed by atoms with E-state index in [0.29, 0.717) is 43.5 Å². The third kappa shape index (κ3) is 4.77. The van der Waals surface area contributed by atoms with Gasteiger partial charge >= 0.3 is 6.09 Å².